The molecule has 1 aliphatic carbocycles. The third-order valence-corrected chi connectivity index (χ3v) is 4.40. The summed E-state index contributed by atoms with van der Waals surface area (Å²) >= 11 is 0. The number of carbonyl (C=O) groups is 1. The van der Waals surface area contributed by atoms with E-state index in [0.717, 1.165) is 18.9 Å². The van der Waals surface area contributed by atoms with Gasteiger partial charge in [-0.05, 0) is 31.4 Å². The van der Waals surface area contributed by atoms with E-state index in [0.29, 0.717) is 30.9 Å². The summed E-state index contributed by atoms with van der Waals surface area (Å²) in [5.74, 6) is -0.187. The molecule has 0 aliphatic heterocycles. The topological polar surface area (TPSA) is 77.1 Å². The van der Waals surface area contributed by atoms with E-state index in [1.165, 1.54) is 9.20 Å². The Bertz CT molecular complexity index is 940. The Labute approximate surface area is 152 Å². The standard InChI is InChI=1S/C17H17F3N6O/c18-17(19,20)14-10-13(11-3-4-11)25(24-14)7-2-6-22-16(27)12-9-15-21-5-1-8-26(15)23-12/h1,5,8-11H,2-4,6-7H2,(H,22,27). The number of carbonyl (C=O) groups excluding carboxylic acids is 1. The van der Waals surface area contributed by atoms with Gasteiger partial charge < -0.3 is 5.32 Å². The van der Waals surface area contributed by atoms with Crippen LogP contribution in [0.1, 0.15) is 47.1 Å². The maximum atomic E-state index is 12.9. The van der Waals surface area contributed by atoms with E-state index in [2.05, 4.69) is 20.5 Å². The number of hydrogen-bond acceptors (Lipinski definition) is 4. The summed E-state index contributed by atoms with van der Waals surface area (Å²) < 4.78 is 41.6. The van der Waals surface area contributed by atoms with Crippen LogP contribution in [-0.4, -0.2) is 36.8 Å². The molecule has 0 aromatic carbocycles. The predicted molar refractivity (Wildman–Crippen MR) is 89.1 cm³/mol. The van der Waals surface area contributed by atoms with E-state index in [1.807, 2.05) is 0 Å². The van der Waals surface area contributed by atoms with Crippen LogP contribution in [0.3, 0.4) is 0 Å². The van der Waals surface area contributed by atoms with Crippen molar-refractivity contribution in [2.24, 2.45) is 0 Å². The fourth-order valence-corrected chi connectivity index (χ4v) is 2.92. The highest BCUT2D eigenvalue weighted by molar-refractivity contribution is 5.93. The molecule has 0 bridgehead atoms. The lowest BCUT2D eigenvalue weighted by atomic mass is 10.2. The molecular weight excluding hydrogens is 361 g/mol. The highest BCUT2D eigenvalue weighted by Crippen LogP contribution is 2.42. The molecule has 0 radical (unpaired) electrons. The lowest BCUT2D eigenvalue weighted by Gasteiger charge is -2.07. The average Bonchev–Trinajstić information content (AvgIpc) is 3.22. The van der Waals surface area contributed by atoms with Gasteiger partial charge in [-0.15, -0.1) is 0 Å². The number of rotatable bonds is 6. The number of nitrogens with one attached hydrogen (secondary N) is 1. The average molecular weight is 378 g/mol. The smallest absolute Gasteiger partial charge is 0.351 e. The Morgan fingerprint density at radius 3 is 2.78 bits per heavy atom. The fraction of sp³-hybridized carbons (Fsp3) is 0.412. The molecule has 1 aliphatic rings. The maximum absolute atomic E-state index is 12.9. The van der Waals surface area contributed by atoms with Crippen LogP contribution < -0.4 is 5.32 Å². The molecule has 1 fully saturated rings. The van der Waals surface area contributed by atoms with Gasteiger partial charge in [0.15, 0.2) is 17.0 Å². The Balaban J connectivity index is 1.34. The second kappa shape index (κ2) is 6.67. The van der Waals surface area contributed by atoms with Crippen LogP contribution in [0.5, 0.6) is 0 Å². The maximum Gasteiger partial charge on any atom is 0.435 e. The molecule has 1 saturated carbocycles. The number of amides is 1. The first kappa shape index (κ1) is 17.5. The van der Waals surface area contributed by atoms with E-state index in [9.17, 15) is 18.0 Å². The minimum absolute atomic E-state index is 0.161. The van der Waals surface area contributed by atoms with Crippen LogP contribution >= 0.6 is 0 Å². The van der Waals surface area contributed by atoms with E-state index in [-0.39, 0.29) is 17.5 Å². The van der Waals surface area contributed by atoms with E-state index in [4.69, 9.17) is 0 Å². The molecule has 0 saturated heterocycles. The second-order valence-corrected chi connectivity index (χ2v) is 6.51. The van der Waals surface area contributed by atoms with Crippen molar-refractivity contribution < 1.29 is 18.0 Å². The Hall–Kier alpha value is -2.91. The number of hydrogen-bond donors (Lipinski definition) is 1. The summed E-state index contributed by atoms with van der Waals surface area (Å²) in [6.07, 6.45) is 1.10. The van der Waals surface area contributed by atoms with Gasteiger partial charge in [-0.3, -0.25) is 9.48 Å². The Morgan fingerprint density at radius 2 is 2.07 bits per heavy atom. The molecule has 142 valence electrons. The zero-order chi connectivity index (χ0) is 19.0. The quantitative estimate of drug-likeness (QED) is 0.669. The van der Waals surface area contributed by atoms with Crippen molar-refractivity contribution in [1.29, 1.82) is 0 Å². The largest absolute Gasteiger partial charge is 0.435 e. The van der Waals surface area contributed by atoms with Crippen LogP contribution in [0.2, 0.25) is 0 Å². The van der Waals surface area contributed by atoms with Gasteiger partial charge in [0.25, 0.3) is 5.91 Å². The minimum atomic E-state index is -4.44. The summed E-state index contributed by atoms with van der Waals surface area (Å²) in [5, 5.41) is 10.6. The van der Waals surface area contributed by atoms with Crippen molar-refractivity contribution in [1.82, 2.24) is 29.7 Å². The highest BCUT2D eigenvalue weighted by atomic mass is 19.4. The van der Waals surface area contributed by atoms with Crippen LogP contribution in [-0.2, 0) is 12.7 Å². The summed E-state index contributed by atoms with van der Waals surface area (Å²) in [5.41, 5.74) is 0.574. The molecule has 3 heterocycles. The van der Waals surface area contributed by atoms with Gasteiger partial charge >= 0.3 is 6.18 Å². The van der Waals surface area contributed by atoms with E-state index in [1.54, 1.807) is 24.5 Å². The highest BCUT2D eigenvalue weighted by Gasteiger charge is 2.37. The molecule has 0 atom stereocenters. The predicted octanol–water partition coefficient (Wildman–Crippen LogP) is 2.64. The summed E-state index contributed by atoms with van der Waals surface area (Å²) in [6, 6.07) is 4.42. The van der Waals surface area contributed by atoms with Gasteiger partial charge in [-0.2, -0.15) is 23.4 Å². The number of nitrogens with zero attached hydrogens (tertiary/aromatic N) is 5. The molecule has 27 heavy (non-hydrogen) atoms. The second-order valence-electron chi connectivity index (χ2n) is 6.51. The van der Waals surface area contributed by atoms with Gasteiger partial charge in [-0.1, -0.05) is 0 Å². The summed E-state index contributed by atoms with van der Waals surface area (Å²) in [4.78, 5) is 16.3. The third-order valence-electron chi connectivity index (χ3n) is 4.40. The van der Waals surface area contributed by atoms with Crippen LogP contribution in [0.4, 0.5) is 13.2 Å². The van der Waals surface area contributed by atoms with Crippen LogP contribution in [0.15, 0.2) is 30.6 Å². The molecule has 10 heteroatoms. The van der Waals surface area contributed by atoms with Gasteiger partial charge in [0, 0.05) is 43.2 Å². The normalized spacial score (nSPS) is 14.6. The first-order chi connectivity index (χ1) is 12.9. The van der Waals surface area contributed by atoms with Gasteiger partial charge in [0.2, 0.25) is 0 Å². The Kier molecular flexibility index (Phi) is 4.33. The first-order valence-electron chi connectivity index (χ1n) is 8.65. The van der Waals surface area contributed by atoms with Crippen molar-refractivity contribution in [2.75, 3.05) is 6.54 Å². The zero-order valence-electron chi connectivity index (χ0n) is 14.3. The molecule has 7 nitrogen and oxygen atoms in total. The van der Waals surface area contributed by atoms with Crippen molar-refractivity contribution in [3.05, 3.63) is 47.7 Å². The first-order valence-corrected chi connectivity index (χ1v) is 8.65. The monoisotopic (exact) mass is 378 g/mol. The van der Waals surface area contributed by atoms with Gasteiger partial charge in [-0.25, -0.2) is 9.50 Å². The molecule has 0 unspecified atom stereocenters. The molecular formula is C17H17F3N6O. The van der Waals surface area contributed by atoms with Crippen molar-refractivity contribution >= 4 is 11.6 Å². The number of halogens is 3. The van der Waals surface area contributed by atoms with Crippen molar-refractivity contribution in [2.45, 2.75) is 37.9 Å². The van der Waals surface area contributed by atoms with Crippen molar-refractivity contribution in [3.8, 4) is 0 Å². The lowest BCUT2D eigenvalue weighted by molar-refractivity contribution is -0.141. The molecule has 1 amide bonds. The SMILES string of the molecule is O=C(NCCCn1nc(C(F)(F)F)cc1C1CC1)c1cc2ncccn2n1. The van der Waals surface area contributed by atoms with E-state index < -0.39 is 11.9 Å². The summed E-state index contributed by atoms with van der Waals surface area (Å²) in [7, 11) is 0. The Morgan fingerprint density at radius 1 is 1.26 bits per heavy atom. The summed E-state index contributed by atoms with van der Waals surface area (Å²) in [6.45, 7) is 0.625. The van der Waals surface area contributed by atoms with Crippen LogP contribution in [0, 0.1) is 0 Å². The van der Waals surface area contributed by atoms with Crippen molar-refractivity contribution in [3.63, 3.8) is 0 Å². The molecule has 0 spiro atoms. The third kappa shape index (κ3) is 3.79. The lowest BCUT2D eigenvalue weighted by Crippen LogP contribution is -2.26. The number of aromatic nitrogens is 5. The molecule has 3 aromatic heterocycles. The minimum Gasteiger partial charge on any atom is -0.351 e. The zero-order valence-corrected chi connectivity index (χ0v) is 14.3. The van der Waals surface area contributed by atoms with Crippen LogP contribution in [0.25, 0.3) is 5.65 Å². The number of fused-ring (bicyclic) bond motifs is 1. The number of aryl methyl sites for hydroxylation is 1. The molecule has 4 rings (SSSR count). The van der Waals surface area contributed by atoms with E-state index >= 15 is 0 Å². The number of alkyl halides is 3. The molecule has 1 N–H and O–H groups in total. The van der Waals surface area contributed by atoms with Gasteiger partial charge in [0.1, 0.15) is 0 Å². The molecule has 3 aromatic rings. The fourth-order valence-electron chi connectivity index (χ4n) is 2.92. The van der Waals surface area contributed by atoms with Gasteiger partial charge in [0.05, 0.1) is 0 Å².